The summed E-state index contributed by atoms with van der Waals surface area (Å²) in [6.07, 6.45) is 2.08. The summed E-state index contributed by atoms with van der Waals surface area (Å²) in [6, 6.07) is 2.27. The number of aryl methyl sites for hydroxylation is 1. The average Bonchev–Trinajstić information content (AvgIpc) is 3.31. The second kappa shape index (κ2) is 6.46. The van der Waals surface area contributed by atoms with E-state index in [2.05, 4.69) is 31.5 Å². The van der Waals surface area contributed by atoms with Gasteiger partial charge in [-0.2, -0.15) is 5.26 Å². The number of carbonyl (C=O) groups is 1. The van der Waals surface area contributed by atoms with Crippen LogP contribution in [0.15, 0.2) is 5.38 Å². The molecule has 0 aromatic carbocycles. The molecule has 1 atom stereocenters. The first-order chi connectivity index (χ1) is 11.0. The van der Waals surface area contributed by atoms with Crippen LogP contribution < -0.4 is 10.2 Å². The number of hydrogen-bond donors (Lipinski definition) is 1. The maximum atomic E-state index is 12.2. The first-order valence-corrected chi connectivity index (χ1v) is 9.00. The Morgan fingerprint density at radius 1 is 1.48 bits per heavy atom. The van der Waals surface area contributed by atoms with Crippen molar-refractivity contribution in [2.45, 2.75) is 32.2 Å². The molecule has 1 saturated carbocycles. The minimum absolute atomic E-state index is 0.0421. The largest absolute Gasteiger partial charge is 0.346 e. The van der Waals surface area contributed by atoms with Gasteiger partial charge in [0.2, 0.25) is 5.91 Å². The summed E-state index contributed by atoms with van der Waals surface area (Å²) in [7, 11) is 0. The second-order valence-corrected chi connectivity index (χ2v) is 7.51. The average molecular weight is 333 g/mol. The maximum Gasteiger partial charge on any atom is 0.235 e. The monoisotopic (exact) mass is 333 g/mol. The lowest BCUT2D eigenvalue weighted by atomic mass is 9.98. The van der Waals surface area contributed by atoms with Crippen LogP contribution in [0.4, 0.5) is 5.13 Å². The molecule has 1 aromatic rings. The molecular formula is C16H23N5OS. The minimum atomic E-state index is -0.697. The summed E-state index contributed by atoms with van der Waals surface area (Å²) in [6.45, 7) is 7.68. The van der Waals surface area contributed by atoms with Crippen molar-refractivity contribution in [3.8, 4) is 6.07 Å². The van der Waals surface area contributed by atoms with E-state index in [-0.39, 0.29) is 5.91 Å². The van der Waals surface area contributed by atoms with Crippen LogP contribution in [0.1, 0.15) is 25.5 Å². The van der Waals surface area contributed by atoms with Gasteiger partial charge in [0.15, 0.2) is 5.13 Å². The molecule has 23 heavy (non-hydrogen) atoms. The van der Waals surface area contributed by atoms with Gasteiger partial charge < -0.3 is 10.2 Å². The van der Waals surface area contributed by atoms with Crippen LogP contribution in [0, 0.1) is 24.2 Å². The number of piperazine rings is 1. The Labute approximate surface area is 141 Å². The quantitative estimate of drug-likeness (QED) is 0.881. The Morgan fingerprint density at radius 2 is 2.17 bits per heavy atom. The van der Waals surface area contributed by atoms with Gasteiger partial charge in [-0.3, -0.25) is 9.69 Å². The van der Waals surface area contributed by atoms with Crippen molar-refractivity contribution < 1.29 is 4.79 Å². The summed E-state index contributed by atoms with van der Waals surface area (Å²) in [5.41, 5.74) is 0.361. The van der Waals surface area contributed by atoms with E-state index in [4.69, 9.17) is 0 Å². The predicted octanol–water partition coefficient (Wildman–Crippen LogP) is 1.38. The van der Waals surface area contributed by atoms with Crippen LogP contribution in [0.3, 0.4) is 0 Å². The van der Waals surface area contributed by atoms with Gasteiger partial charge in [0.1, 0.15) is 5.54 Å². The Hall–Kier alpha value is -1.65. The third-order valence-corrected chi connectivity index (χ3v) is 5.66. The topological polar surface area (TPSA) is 72.3 Å². The third-order valence-electron chi connectivity index (χ3n) is 4.64. The lowest BCUT2D eigenvalue weighted by molar-refractivity contribution is -0.123. The molecule has 7 heteroatoms. The molecule has 2 fully saturated rings. The zero-order valence-corrected chi connectivity index (χ0v) is 14.5. The van der Waals surface area contributed by atoms with E-state index in [0.717, 1.165) is 49.8 Å². The molecule has 124 valence electrons. The lowest BCUT2D eigenvalue weighted by Crippen LogP contribution is -2.53. The molecule has 1 aliphatic carbocycles. The van der Waals surface area contributed by atoms with E-state index in [9.17, 15) is 10.1 Å². The smallest absolute Gasteiger partial charge is 0.235 e. The first-order valence-electron chi connectivity index (χ1n) is 8.12. The van der Waals surface area contributed by atoms with Gasteiger partial charge in [-0.15, -0.1) is 11.3 Å². The molecule has 0 unspecified atom stereocenters. The number of nitrogens with one attached hydrogen (secondary N) is 1. The number of rotatable bonds is 5. The first kappa shape index (κ1) is 16.2. The molecule has 1 amide bonds. The van der Waals surface area contributed by atoms with E-state index >= 15 is 0 Å². The zero-order chi connectivity index (χ0) is 16.4. The summed E-state index contributed by atoms with van der Waals surface area (Å²) in [5, 5.41) is 15.4. The number of aromatic nitrogens is 1. The molecule has 1 N–H and O–H groups in total. The Morgan fingerprint density at radius 3 is 2.70 bits per heavy atom. The van der Waals surface area contributed by atoms with Crippen LogP contribution >= 0.6 is 11.3 Å². The van der Waals surface area contributed by atoms with Crippen molar-refractivity contribution in [1.82, 2.24) is 15.2 Å². The normalized spacial score (nSPS) is 21.5. The highest BCUT2D eigenvalue weighted by Crippen LogP contribution is 2.39. The van der Waals surface area contributed by atoms with Gasteiger partial charge in [-0.25, -0.2) is 4.98 Å². The maximum absolute atomic E-state index is 12.2. The molecule has 3 rings (SSSR count). The highest BCUT2D eigenvalue weighted by Gasteiger charge is 2.43. The summed E-state index contributed by atoms with van der Waals surface area (Å²) >= 11 is 1.67. The number of nitrogens with zero attached hydrogens (tertiary/aromatic N) is 4. The van der Waals surface area contributed by atoms with Crippen LogP contribution in [-0.4, -0.2) is 54.1 Å². The van der Waals surface area contributed by atoms with E-state index < -0.39 is 5.54 Å². The van der Waals surface area contributed by atoms with Crippen LogP contribution in [0.2, 0.25) is 0 Å². The molecule has 1 aromatic heterocycles. The molecule has 2 aliphatic rings. The highest BCUT2D eigenvalue weighted by molar-refractivity contribution is 7.13. The Kier molecular flexibility index (Phi) is 4.55. The number of anilines is 1. The van der Waals surface area contributed by atoms with Crippen LogP contribution in [0.25, 0.3) is 0 Å². The number of hydrogen-bond acceptors (Lipinski definition) is 6. The van der Waals surface area contributed by atoms with Crippen molar-refractivity contribution >= 4 is 22.4 Å². The summed E-state index contributed by atoms with van der Waals surface area (Å²) in [4.78, 5) is 21.2. The van der Waals surface area contributed by atoms with Gasteiger partial charge in [0, 0.05) is 31.6 Å². The van der Waals surface area contributed by atoms with E-state index in [1.54, 1.807) is 11.3 Å². The van der Waals surface area contributed by atoms with Crippen molar-refractivity contribution in [2.24, 2.45) is 5.92 Å². The van der Waals surface area contributed by atoms with Crippen molar-refractivity contribution in [2.75, 3.05) is 37.6 Å². The highest BCUT2D eigenvalue weighted by atomic mass is 32.1. The minimum Gasteiger partial charge on any atom is -0.346 e. The SMILES string of the molecule is Cc1csc(N2CCN(CC(=O)N[C@@](C)(C#N)C3CC3)CC2)n1. The van der Waals surface area contributed by atoms with Crippen LogP contribution in [-0.2, 0) is 4.79 Å². The van der Waals surface area contributed by atoms with Crippen molar-refractivity contribution in [3.63, 3.8) is 0 Å². The Bertz CT molecular complexity index is 612. The molecule has 0 spiro atoms. The molecule has 6 nitrogen and oxygen atoms in total. The van der Waals surface area contributed by atoms with Crippen molar-refractivity contribution in [3.05, 3.63) is 11.1 Å². The van der Waals surface area contributed by atoms with Gasteiger partial charge in [-0.1, -0.05) is 0 Å². The number of thiazole rings is 1. The molecule has 0 bridgehead atoms. The molecule has 1 aliphatic heterocycles. The molecule has 2 heterocycles. The van der Waals surface area contributed by atoms with E-state index in [1.807, 2.05) is 13.8 Å². The van der Waals surface area contributed by atoms with E-state index in [1.165, 1.54) is 0 Å². The lowest BCUT2D eigenvalue weighted by Gasteiger charge is -2.34. The van der Waals surface area contributed by atoms with Crippen LogP contribution in [0.5, 0.6) is 0 Å². The van der Waals surface area contributed by atoms with E-state index in [0.29, 0.717) is 12.5 Å². The molecule has 1 saturated heterocycles. The van der Waals surface area contributed by atoms with Gasteiger partial charge in [-0.05, 0) is 32.6 Å². The van der Waals surface area contributed by atoms with Gasteiger partial charge >= 0.3 is 0 Å². The number of amides is 1. The number of carbonyl (C=O) groups excluding carboxylic acids is 1. The second-order valence-electron chi connectivity index (χ2n) is 6.67. The molecule has 0 radical (unpaired) electrons. The fourth-order valence-electron chi connectivity index (χ4n) is 3.00. The fourth-order valence-corrected chi connectivity index (χ4v) is 3.86. The van der Waals surface area contributed by atoms with Gasteiger partial charge in [0.25, 0.3) is 0 Å². The standard InChI is InChI=1S/C16H23N5OS/c1-12-10-23-15(18-12)21-7-5-20(6-8-21)9-14(22)19-16(2,11-17)13-3-4-13/h10,13H,3-9H2,1-2H3,(H,19,22)/t16-/m0/s1. The predicted molar refractivity (Wildman–Crippen MR) is 90.4 cm³/mol. The third kappa shape index (κ3) is 3.82. The Balaban J connectivity index is 1.47. The summed E-state index contributed by atoms with van der Waals surface area (Å²) in [5.74, 6) is 0.279. The van der Waals surface area contributed by atoms with Gasteiger partial charge in [0.05, 0.1) is 18.3 Å². The fraction of sp³-hybridized carbons (Fsp3) is 0.688. The number of nitriles is 1. The zero-order valence-electron chi connectivity index (χ0n) is 13.7. The van der Waals surface area contributed by atoms with Crippen molar-refractivity contribution in [1.29, 1.82) is 5.26 Å². The molecular weight excluding hydrogens is 310 g/mol. The summed E-state index contributed by atoms with van der Waals surface area (Å²) < 4.78 is 0.